The summed E-state index contributed by atoms with van der Waals surface area (Å²) in [5.74, 6) is 0.0986. The zero-order valence-corrected chi connectivity index (χ0v) is 12.3. The molecule has 0 amide bonds. The van der Waals surface area contributed by atoms with Crippen molar-refractivity contribution in [1.29, 1.82) is 0 Å². The first kappa shape index (κ1) is 13.4. The summed E-state index contributed by atoms with van der Waals surface area (Å²) in [7, 11) is 0. The predicted molar refractivity (Wildman–Crippen MR) is 80.3 cm³/mol. The number of hydrogen-bond donors (Lipinski definition) is 1. The molecule has 3 aromatic rings. The van der Waals surface area contributed by atoms with Crippen LogP contribution in [0.25, 0.3) is 11.2 Å². The molecule has 102 valence electrons. The molecule has 0 unspecified atom stereocenters. The predicted octanol–water partition coefficient (Wildman–Crippen LogP) is 3.42. The Labute approximate surface area is 129 Å². The first-order valence-electron chi connectivity index (χ1n) is 5.62. The number of anilines is 1. The average Bonchev–Trinajstić information content (AvgIpc) is 2.77. The van der Waals surface area contributed by atoms with Crippen molar-refractivity contribution in [1.82, 2.24) is 19.5 Å². The molecule has 0 aliphatic carbocycles. The summed E-state index contributed by atoms with van der Waals surface area (Å²) < 4.78 is 1.79. The van der Waals surface area contributed by atoms with Crippen LogP contribution in [0, 0.1) is 0 Å². The maximum Gasteiger partial charge on any atom is 0.223 e. The lowest BCUT2D eigenvalue weighted by Crippen LogP contribution is -2.02. The molecule has 0 bridgehead atoms. The van der Waals surface area contributed by atoms with Crippen molar-refractivity contribution in [2.75, 3.05) is 5.73 Å². The highest BCUT2D eigenvalue weighted by atomic mass is 35.5. The molecule has 0 aliphatic rings. The van der Waals surface area contributed by atoms with Gasteiger partial charge in [0.1, 0.15) is 5.52 Å². The van der Waals surface area contributed by atoms with E-state index in [1.54, 1.807) is 29.1 Å². The minimum atomic E-state index is 0.0986. The third-order valence-corrected chi connectivity index (χ3v) is 3.65. The number of halogens is 3. The van der Waals surface area contributed by atoms with Crippen LogP contribution < -0.4 is 5.73 Å². The minimum absolute atomic E-state index is 0.0986. The lowest BCUT2D eigenvalue weighted by Gasteiger charge is -2.07. The van der Waals surface area contributed by atoms with E-state index in [-0.39, 0.29) is 11.1 Å². The van der Waals surface area contributed by atoms with Gasteiger partial charge in [-0.2, -0.15) is 9.97 Å². The maximum atomic E-state index is 6.15. The Kier molecular flexibility index (Phi) is 3.41. The molecular formula is C12H8Cl3N5. The molecule has 0 spiro atoms. The van der Waals surface area contributed by atoms with Gasteiger partial charge in [0.2, 0.25) is 5.95 Å². The molecule has 3 rings (SSSR count). The molecule has 0 saturated carbocycles. The minimum Gasteiger partial charge on any atom is -0.368 e. The van der Waals surface area contributed by atoms with E-state index >= 15 is 0 Å². The topological polar surface area (TPSA) is 69.6 Å². The number of hydrogen-bond acceptors (Lipinski definition) is 4. The SMILES string of the molecule is Nc1nc(Cl)c2ncn(Cc3cc(Cl)ccc3Cl)c2n1. The monoisotopic (exact) mass is 327 g/mol. The fourth-order valence-electron chi connectivity index (χ4n) is 1.89. The first-order chi connectivity index (χ1) is 9.54. The standard InChI is InChI=1S/C12H8Cl3N5/c13-7-1-2-8(14)6(3-7)4-20-5-17-9-10(15)18-12(16)19-11(9)20/h1-3,5H,4H2,(H2,16,18,19). The van der Waals surface area contributed by atoms with E-state index in [1.807, 2.05) is 0 Å². The van der Waals surface area contributed by atoms with Crippen LogP contribution in [-0.4, -0.2) is 19.5 Å². The molecule has 2 aromatic heterocycles. The Morgan fingerprint density at radius 2 is 1.95 bits per heavy atom. The number of rotatable bonds is 2. The van der Waals surface area contributed by atoms with Gasteiger partial charge in [0.25, 0.3) is 0 Å². The summed E-state index contributed by atoms with van der Waals surface area (Å²) in [6.07, 6.45) is 1.61. The van der Waals surface area contributed by atoms with E-state index in [4.69, 9.17) is 40.5 Å². The van der Waals surface area contributed by atoms with Crippen molar-refractivity contribution >= 4 is 51.9 Å². The fourth-order valence-corrected chi connectivity index (χ4v) is 2.48. The zero-order valence-electron chi connectivity index (χ0n) is 10.0. The van der Waals surface area contributed by atoms with Gasteiger partial charge in [-0.25, -0.2) is 4.98 Å². The number of aromatic nitrogens is 4. The highest BCUT2D eigenvalue weighted by Crippen LogP contribution is 2.24. The van der Waals surface area contributed by atoms with E-state index < -0.39 is 0 Å². The molecule has 5 nitrogen and oxygen atoms in total. The number of nitrogens with two attached hydrogens (primary N) is 1. The quantitative estimate of drug-likeness (QED) is 0.732. The van der Waals surface area contributed by atoms with Crippen molar-refractivity contribution in [3.8, 4) is 0 Å². The molecule has 20 heavy (non-hydrogen) atoms. The molecule has 0 atom stereocenters. The van der Waals surface area contributed by atoms with E-state index in [1.165, 1.54) is 0 Å². The van der Waals surface area contributed by atoms with Crippen LogP contribution in [0.3, 0.4) is 0 Å². The largest absolute Gasteiger partial charge is 0.368 e. The number of nitrogens with zero attached hydrogens (tertiary/aromatic N) is 4. The maximum absolute atomic E-state index is 6.15. The van der Waals surface area contributed by atoms with Gasteiger partial charge in [0, 0.05) is 10.0 Å². The summed E-state index contributed by atoms with van der Waals surface area (Å²) in [5.41, 5.74) is 7.51. The lowest BCUT2D eigenvalue weighted by atomic mass is 10.2. The fraction of sp³-hybridized carbons (Fsp3) is 0.0833. The van der Waals surface area contributed by atoms with Crippen molar-refractivity contribution in [2.45, 2.75) is 6.54 Å². The summed E-state index contributed by atoms with van der Waals surface area (Å²) in [6, 6.07) is 5.27. The van der Waals surface area contributed by atoms with Crippen molar-refractivity contribution < 1.29 is 0 Å². The smallest absolute Gasteiger partial charge is 0.223 e. The second-order valence-electron chi connectivity index (χ2n) is 4.15. The Morgan fingerprint density at radius 1 is 1.15 bits per heavy atom. The molecule has 8 heteroatoms. The van der Waals surface area contributed by atoms with Gasteiger partial charge in [-0.3, -0.25) is 0 Å². The number of nitrogen functional groups attached to an aromatic ring is 1. The first-order valence-corrected chi connectivity index (χ1v) is 6.76. The van der Waals surface area contributed by atoms with Crippen LogP contribution in [0.4, 0.5) is 5.95 Å². The normalized spacial score (nSPS) is 11.2. The third kappa shape index (κ3) is 2.40. The van der Waals surface area contributed by atoms with Gasteiger partial charge in [0.05, 0.1) is 12.9 Å². The van der Waals surface area contributed by atoms with E-state index in [0.29, 0.717) is 27.8 Å². The van der Waals surface area contributed by atoms with Crippen LogP contribution in [0.2, 0.25) is 15.2 Å². The number of imidazole rings is 1. The van der Waals surface area contributed by atoms with Crippen molar-refractivity contribution in [3.63, 3.8) is 0 Å². The van der Waals surface area contributed by atoms with E-state index in [9.17, 15) is 0 Å². The van der Waals surface area contributed by atoms with Crippen LogP contribution in [0.5, 0.6) is 0 Å². The van der Waals surface area contributed by atoms with Gasteiger partial charge < -0.3 is 10.3 Å². The summed E-state index contributed by atoms with van der Waals surface area (Å²) >= 11 is 18.1. The summed E-state index contributed by atoms with van der Waals surface area (Å²) in [6.45, 7) is 0.461. The van der Waals surface area contributed by atoms with Crippen LogP contribution in [0.15, 0.2) is 24.5 Å². The highest BCUT2D eigenvalue weighted by Gasteiger charge is 2.12. The number of fused-ring (bicyclic) bond motifs is 1. The Balaban J connectivity index is 2.09. The lowest BCUT2D eigenvalue weighted by molar-refractivity contribution is 0.814. The van der Waals surface area contributed by atoms with Gasteiger partial charge in [-0.15, -0.1) is 0 Å². The third-order valence-electron chi connectivity index (χ3n) is 2.79. The molecule has 2 N–H and O–H groups in total. The van der Waals surface area contributed by atoms with E-state index in [0.717, 1.165) is 5.56 Å². The second-order valence-corrected chi connectivity index (χ2v) is 5.35. The molecule has 0 fully saturated rings. The highest BCUT2D eigenvalue weighted by molar-refractivity contribution is 6.34. The van der Waals surface area contributed by atoms with E-state index in [2.05, 4.69) is 15.0 Å². The summed E-state index contributed by atoms with van der Waals surface area (Å²) in [4.78, 5) is 12.2. The van der Waals surface area contributed by atoms with Crippen LogP contribution in [-0.2, 0) is 6.54 Å². The van der Waals surface area contributed by atoms with Crippen molar-refractivity contribution in [3.05, 3.63) is 45.3 Å². The molecule has 0 radical (unpaired) electrons. The molecule has 1 aromatic carbocycles. The van der Waals surface area contributed by atoms with Gasteiger partial charge in [-0.05, 0) is 23.8 Å². The van der Waals surface area contributed by atoms with Gasteiger partial charge >= 0.3 is 0 Å². The molecule has 0 saturated heterocycles. The zero-order chi connectivity index (χ0) is 14.3. The van der Waals surface area contributed by atoms with Crippen LogP contribution in [0.1, 0.15) is 5.56 Å². The average molecular weight is 329 g/mol. The Bertz CT molecular complexity index is 799. The summed E-state index contributed by atoms with van der Waals surface area (Å²) in [5, 5.41) is 1.45. The van der Waals surface area contributed by atoms with Crippen LogP contribution >= 0.6 is 34.8 Å². The van der Waals surface area contributed by atoms with Gasteiger partial charge in [0.15, 0.2) is 10.8 Å². The second kappa shape index (κ2) is 5.09. The van der Waals surface area contributed by atoms with Gasteiger partial charge in [-0.1, -0.05) is 34.8 Å². The van der Waals surface area contributed by atoms with Crippen molar-refractivity contribution in [2.24, 2.45) is 0 Å². The molecular weight excluding hydrogens is 321 g/mol. The number of benzene rings is 1. The molecule has 2 heterocycles. The Hall–Kier alpha value is -1.56. The Morgan fingerprint density at radius 3 is 2.75 bits per heavy atom. The molecule has 0 aliphatic heterocycles.